The summed E-state index contributed by atoms with van der Waals surface area (Å²) in [6.45, 7) is 1.96. The lowest BCUT2D eigenvalue weighted by atomic mass is 10.3. The van der Waals surface area contributed by atoms with Crippen LogP contribution in [0.3, 0.4) is 0 Å². The van der Waals surface area contributed by atoms with Gasteiger partial charge in [-0.2, -0.15) is 4.31 Å². The Hall–Kier alpha value is -1.48. The molecule has 0 radical (unpaired) electrons. The summed E-state index contributed by atoms with van der Waals surface area (Å²) in [5.41, 5.74) is 2.07. The van der Waals surface area contributed by atoms with Gasteiger partial charge < -0.3 is 0 Å². The Morgan fingerprint density at radius 2 is 1.75 bits per heavy atom. The van der Waals surface area contributed by atoms with Gasteiger partial charge in [0.05, 0.1) is 11.4 Å². The molecule has 2 rings (SSSR count). The third kappa shape index (κ3) is 3.34. The van der Waals surface area contributed by atoms with Crippen molar-refractivity contribution in [2.75, 3.05) is 32.7 Å². The lowest BCUT2D eigenvalue weighted by Gasteiger charge is -2.33. The van der Waals surface area contributed by atoms with Crippen molar-refractivity contribution in [3.63, 3.8) is 0 Å². The maximum Gasteiger partial charge on any atom is 0.248 e. The fraction of sp³-hybridized carbons (Fsp3) is 0.417. The van der Waals surface area contributed by atoms with Gasteiger partial charge in [0.15, 0.2) is 0 Å². The first kappa shape index (κ1) is 14.9. The van der Waals surface area contributed by atoms with Crippen LogP contribution < -0.4 is 11.3 Å². The molecule has 110 valence electrons. The van der Waals surface area contributed by atoms with Crippen LogP contribution in [0.1, 0.15) is 0 Å². The molecule has 1 aliphatic heterocycles. The largest absolute Gasteiger partial charge is 0.293 e. The van der Waals surface area contributed by atoms with Gasteiger partial charge in [0.2, 0.25) is 15.9 Å². The van der Waals surface area contributed by atoms with Crippen molar-refractivity contribution >= 4 is 15.9 Å². The molecule has 8 heteroatoms. The van der Waals surface area contributed by atoms with Gasteiger partial charge in [-0.15, -0.1) is 0 Å². The van der Waals surface area contributed by atoms with Crippen molar-refractivity contribution in [1.29, 1.82) is 0 Å². The molecule has 3 N–H and O–H groups in total. The molecule has 0 saturated carbocycles. The quantitative estimate of drug-likeness (QED) is 0.421. The van der Waals surface area contributed by atoms with Crippen LogP contribution in [0.5, 0.6) is 0 Å². The van der Waals surface area contributed by atoms with E-state index < -0.39 is 10.0 Å². The summed E-state index contributed by atoms with van der Waals surface area (Å²) in [4.78, 5) is 13.3. The van der Waals surface area contributed by atoms with Gasteiger partial charge in [0.25, 0.3) is 0 Å². The molecule has 20 heavy (non-hydrogen) atoms. The third-order valence-electron chi connectivity index (χ3n) is 3.24. The Morgan fingerprint density at radius 3 is 2.30 bits per heavy atom. The van der Waals surface area contributed by atoms with Gasteiger partial charge in [-0.25, -0.2) is 14.3 Å². The van der Waals surface area contributed by atoms with E-state index in [0.29, 0.717) is 31.1 Å². The summed E-state index contributed by atoms with van der Waals surface area (Å²) < 4.78 is 26.2. The number of carbonyl (C=O) groups excluding carboxylic acids is 1. The average molecular weight is 298 g/mol. The zero-order valence-corrected chi connectivity index (χ0v) is 11.8. The number of nitrogens with two attached hydrogens (primary N) is 1. The molecule has 1 aromatic carbocycles. The number of sulfonamides is 1. The van der Waals surface area contributed by atoms with E-state index in [1.165, 1.54) is 4.31 Å². The van der Waals surface area contributed by atoms with Crippen LogP contribution in [0.25, 0.3) is 0 Å². The van der Waals surface area contributed by atoms with E-state index in [1.54, 1.807) is 30.3 Å². The van der Waals surface area contributed by atoms with E-state index in [9.17, 15) is 13.2 Å². The number of hydrazine groups is 1. The van der Waals surface area contributed by atoms with Crippen LogP contribution >= 0.6 is 0 Å². The van der Waals surface area contributed by atoms with Crippen molar-refractivity contribution in [3.8, 4) is 0 Å². The highest BCUT2D eigenvalue weighted by Gasteiger charge is 2.28. The van der Waals surface area contributed by atoms with Crippen molar-refractivity contribution in [2.45, 2.75) is 4.90 Å². The number of amides is 1. The minimum atomic E-state index is -3.44. The molecule has 1 amide bonds. The number of carbonyl (C=O) groups is 1. The number of rotatable bonds is 4. The molecule has 7 nitrogen and oxygen atoms in total. The summed E-state index contributed by atoms with van der Waals surface area (Å²) in [5.74, 6) is 4.76. The molecule has 1 saturated heterocycles. The Kier molecular flexibility index (Phi) is 4.71. The topological polar surface area (TPSA) is 95.7 Å². The second-order valence-corrected chi connectivity index (χ2v) is 6.50. The molecule has 1 aliphatic rings. The molecule has 0 aliphatic carbocycles. The van der Waals surface area contributed by atoms with Crippen LogP contribution in [0.2, 0.25) is 0 Å². The lowest BCUT2D eigenvalue weighted by Crippen LogP contribution is -2.51. The van der Waals surface area contributed by atoms with Crippen LogP contribution in [-0.2, 0) is 14.8 Å². The fourth-order valence-corrected chi connectivity index (χ4v) is 3.56. The first-order valence-corrected chi connectivity index (χ1v) is 7.75. The van der Waals surface area contributed by atoms with Crippen molar-refractivity contribution in [3.05, 3.63) is 30.3 Å². The average Bonchev–Trinajstić information content (AvgIpc) is 2.48. The molecular formula is C12H18N4O3S. The van der Waals surface area contributed by atoms with Gasteiger partial charge >= 0.3 is 0 Å². The fourth-order valence-electron chi connectivity index (χ4n) is 2.12. The van der Waals surface area contributed by atoms with Crippen molar-refractivity contribution in [2.24, 2.45) is 5.84 Å². The zero-order chi connectivity index (χ0) is 14.6. The van der Waals surface area contributed by atoms with Crippen molar-refractivity contribution in [1.82, 2.24) is 14.6 Å². The molecule has 0 unspecified atom stereocenters. The van der Waals surface area contributed by atoms with E-state index in [1.807, 2.05) is 4.90 Å². The molecule has 1 aromatic rings. The van der Waals surface area contributed by atoms with E-state index in [2.05, 4.69) is 5.43 Å². The number of benzene rings is 1. The molecule has 0 bridgehead atoms. The van der Waals surface area contributed by atoms with E-state index >= 15 is 0 Å². The Morgan fingerprint density at radius 1 is 1.15 bits per heavy atom. The first-order valence-electron chi connectivity index (χ1n) is 6.31. The monoisotopic (exact) mass is 298 g/mol. The van der Waals surface area contributed by atoms with E-state index in [4.69, 9.17) is 5.84 Å². The predicted molar refractivity (Wildman–Crippen MR) is 74.0 cm³/mol. The van der Waals surface area contributed by atoms with Crippen LogP contribution in [0.4, 0.5) is 0 Å². The first-order chi connectivity index (χ1) is 9.54. The summed E-state index contributed by atoms with van der Waals surface area (Å²) in [7, 11) is -3.44. The Balaban J connectivity index is 1.99. The predicted octanol–water partition coefficient (Wildman–Crippen LogP) is -1.02. The van der Waals surface area contributed by atoms with Crippen LogP contribution in [0.15, 0.2) is 35.2 Å². The number of nitrogens with zero attached hydrogens (tertiary/aromatic N) is 2. The van der Waals surface area contributed by atoms with E-state index in [-0.39, 0.29) is 12.5 Å². The molecule has 0 atom stereocenters. The normalized spacial score (nSPS) is 17.9. The minimum absolute atomic E-state index is 0.190. The smallest absolute Gasteiger partial charge is 0.248 e. The summed E-state index contributed by atoms with van der Waals surface area (Å²) in [6, 6.07) is 8.36. The minimum Gasteiger partial charge on any atom is -0.293 e. The van der Waals surface area contributed by atoms with Crippen LogP contribution in [0, 0.1) is 0 Å². The summed E-state index contributed by atoms with van der Waals surface area (Å²) in [6.07, 6.45) is 0. The summed E-state index contributed by atoms with van der Waals surface area (Å²) in [5, 5.41) is 0. The highest BCUT2D eigenvalue weighted by Crippen LogP contribution is 2.16. The van der Waals surface area contributed by atoms with Gasteiger partial charge in [-0.1, -0.05) is 18.2 Å². The Bertz CT molecular complexity index is 553. The summed E-state index contributed by atoms with van der Waals surface area (Å²) >= 11 is 0. The zero-order valence-electron chi connectivity index (χ0n) is 11.0. The molecule has 0 spiro atoms. The molecule has 0 aromatic heterocycles. The molecular weight excluding hydrogens is 280 g/mol. The number of piperazine rings is 1. The van der Waals surface area contributed by atoms with Crippen molar-refractivity contribution < 1.29 is 13.2 Å². The lowest BCUT2D eigenvalue weighted by molar-refractivity contribution is -0.122. The maximum atomic E-state index is 12.4. The molecule has 1 heterocycles. The number of hydrogen-bond donors (Lipinski definition) is 2. The second-order valence-electron chi connectivity index (χ2n) is 4.56. The number of hydrogen-bond acceptors (Lipinski definition) is 5. The van der Waals surface area contributed by atoms with Gasteiger partial charge in [-0.3, -0.25) is 15.1 Å². The third-order valence-corrected chi connectivity index (χ3v) is 5.15. The standard InChI is InChI=1S/C12H18N4O3S/c13-14-12(17)10-15-6-8-16(9-7-15)20(18,19)11-4-2-1-3-5-11/h1-5H,6-10,13H2,(H,14,17). The number of nitrogens with one attached hydrogen (secondary N) is 1. The molecule has 1 fully saturated rings. The second kappa shape index (κ2) is 6.31. The van der Waals surface area contributed by atoms with Gasteiger partial charge in [0.1, 0.15) is 0 Å². The van der Waals surface area contributed by atoms with Gasteiger partial charge in [-0.05, 0) is 12.1 Å². The highest BCUT2D eigenvalue weighted by molar-refractivity contribution is 7.89. The SMILES string of the molecule is NNC(=O)CN1CCN(S(=O)(=O)c2ccccc2)CC1. The van der Waals surface area contributed by atoms with Crippen LogP contribution in [-0.4, -0.2) is 56.3 Å². The van der Waals surface area contributed by atoms with Gasteiger partial charge in [0, 0.05) is 26.2 Å². The highest BCUT2D eigenvalue weighted by atomic mass is 32.2. The maximum absolute atomic E-state index is 12.4. The van der Waals surface area contributed by atoms with E-state index in [0.717, 1.165) is 0 Å². The Labute approximate surface area is 118 Å².